The Morgan fingerprint density at radius 3 is 1.95 bits per heavy atom. The Morgan fingerprint density at radius 2 is 1.39 bits per heavy atom. The molecule has 3 aliphatic heterocycles. The maximum absolute atomic E-state index is 12.0. The fourth-order valence-corrected chi connectivity index (χ4v) is 4.76. The molecule has 3 rings (SSSR count). The normalized spacial score (nSPS) is 36.6. The van der Waals surface area contributed by atoms with Crippen LogP contribution in [0.25, 0.3) is 0 Å². The molecule has 0 amide bonds. The van der Waals surface area contributed by atoms with Crippen LogP contribution in [0.4, 0.5) is 0 Å². The third-order valence-corrected chi connectivity index (χ3v) is 6.04. The van der Waals surface area contributed by atoms with Gasteiger partial charge in [0.2, 0.25) is 0 Å². The number of methoxy groups -OCH3 is 1. The Kier molecular flexibility index (Phi) is 9.71. The zero-order chi connectivity index (χ0) is 28.4. The van der Waals surface area contributed by atoms with Crippen LogP contribution in [0, 0.1) is 0 Å². The standard InChI is InChI=1S/C24H36O14/c1-10-16(19-21(22(29-8)31-10)38-24(6,7)37-19)35-23-20(34-14(5)28)18(33-13(4)27)17(36-23)15(32-12(3)26)9-30-11(2)25/h10,15-23H,9H2,1-8H3/t10-,15+,16-,17-,18-,19+,20+,21+,22+,23+/m0/s1. The van der Waals surface area contributed by atoms with E-state index < -0.39 is 97.7 Å². The van der Waals surface area contributed by atoms with Crippen molar-refractivity contribution in [1.29, 1.82) is 0 Å². The molecule has 10 atom stereocenters. The molecule has 0 radical (unpaired) electrons. The molecule has 0 aromatic heterocycles. The van der Waals surface area contributed by atoms with Gasteiger partial charge in [0.05, 0.1) is 6.10 Å². The van der Waals surface area contributed by atoms with Crippen molar-refractivity contribution in [1.82, 2.24) is 0 Å². The largest absolute Gasteiger partial charge is 0.462 e. The third-order valence-electron chi connectivity index (χ3n) is 6.04. The highest BCUT2D eigenvalue weighted by Crippen LogP contribution is 2.41. The van der Waals surface area contributed by atoms with E-state index in [1.165, 1.54) is 21.0 Å². The average molecular weight is 549 g/mol. The molecule has 0 aliphatic carbocycles. The van der Waals surface area contributed by atoms with Crippen LogP contribution in [0.2, 0.25) is 0 Å². The molecule has 0 saturated carbocycles. The molecule has 14 heteroatoms. The molecule has 0 N–H and O–H groups in total. The maximum Gasteiger partial charge on any atom is 0.303 e. The van der Waals surface area contributed by atoms with Crippen LogP contribution in [0.15, 0.2) is 0 Å². The Morgan fingerprint density at radius 1 is 0.789 bits per heavy atom. The molecule has 3 heterocycles. The van der Waals surface area contributed by atoms with Crippen molar-refractivity contribution in [3.05, 3.63) is 0 Å². The number of hydrogen-bond donors (Lipinski definition) is 0. The monoisotopic (exact) mass is 548 g/mol. The van der Waals surface area contributed by atoms with Gasteiger partial charge in [0.15, 0.2) is 36.7 Å². The summed E-state index contributed by atoms with van der Waals surface area (Å²) in [5.41, 5.74) is 0. The first kappa shape index (κ1) is 30.2. The van der Waals surface area contributed by atoms with E-state index in [2.05, 4.69) is 0 Å². The Bertz CT molecular complexity index is 889. The summed E-state index contributed by atoms with van der Waals surface area (Å²) < 4.78 is 57.0. The van der Waals surface area contributed by atoms with E-state index >= 15 is 0 Å². The molecule has 0 unspecified atom stereocenters. The molecule has 0 aromatic rings. The summed E-state index contributed by atoms with van der Waals surface area (Å²) in [7, 11) is 1.48. The smallest absolute Gasteiger partial charge is 0.303 e. The number of ether oxygens (including phenoxy) is 10. The van der Waals surface area contributed by atoms with Crippen molar-refractivity contribution in [2.75, 3.05) is 13.7 Å². The van der Waals surface area contributed by atoms with E-state index in [9.17, 15) is 19.2 Å². The van der Waals surface area contributed by atoms with Crippen molar-refractivity contribution in [2.24, 2.45) is 0 Å². The number of carbonyl (C=O) groups excluding carboxylic acids is 4. The van der Waals surface area contributed by atoms with Gasteiger partial charge in [-0.25, -0.2) is 0 Å². The predicted octanol–water partition coefficient (Wildman–Crippen LogP) is 0.366. The molecule has 0 bridgehead atoms. The average Bonchev–Trinajstić information content (AvgIpc) is 3.28. The van der Waals surface area contributed by atoms with Crippen LogP contribution in [0.1, 0.15) is 48.5 Å². The Hall–Kier alpha value is -2.36. The van der Waals surface area contributed by atoms with Crippen molar-refractivity contribution < 1.29 is 66.5 Å². The Balaban J connectivity index is 1.93. The minimum Gasteiger partial charge on any atom is -0.462 e. The number of esters is 4. The molecule has 3 aliphatic rings. The molecular formula is C24H36O14. The first-order valence-corrected chi connectivity index (χ1v) is 12.2. The van der Waals surface area contributed by atoms with Gasteiger partial charge in [-0.15, -0.1) is 0 Å². The van der Waals surface area contributed by atoms with E-state index in [4.69, 9.17) is 47.4 Å². The molecule has 3 fully saturated rings. The summed E-state index contributed by atoms with van der Waals surface area (Å²) in [5.74, 6) is -3.74. The van der Waals surface area contributed by atoms with E-state index in [1.807, 2.05) is 0 Å². The fraction of sp³-hybridized carbons (Fsp3) is 0.833. The van der Waals surface area contributed by atoms with Crippen LogP contribution in [0.5, 0.6) is 0 Å². The van der Waals surface area contributed by atoms with E-state index in [0.29, 0.717) is 0 Å². The van der Waals surface area contributed by atoms with Gasteiger partial charge in [-0.3, -0.25) is 19.2 Å². The van der Waals surface area contributed by atoms with Crippen molar-refractivity contribution in [3.8, 4) is 0 Å². The zero-order valence-electron chi connectivity index (χ0n) is 22.7. The lowest BCUT2D eigenvalue weighted by Crippen LogP contribution is -2.58. The van der Waals surface area contributed by atoms with Gasteiger partial charge in [-0.1, -0.05) is 0 Å². The minimum absolute atomic E-state index is 0.412. The summed E-state index contributed by atoms with van der Waals surface area (Å²) in [4.78, 5) is 47.3. The second-order valence-corrected chi connectivity index (χ2v) is 9.68. The number of hydrogen-bond acceptors (Lipinski definition) is 14. The fourth-order valence-electron chi connectivity index (χ4n) is 4.76. The summed E-state index contributed by atoms with van der Waals surface area (Å²) in [6.07, 6.45) is -9.79. The van der Waals surface area contributed by atoms with Crippen molar-refractivity contribution in [3.63, 3.8) is 0 Å². The quantitative estimate of drug-likeness (QED) is 0.287. The van der Waals surface area contributed by atoms with Gasteiger partial charge in [0.1, 0.15) is 31.0 Å². The van der Waals surface area contributed by atoms with Crippen molar-refractivity contribution in [2.45, 2.75) is 116 Å². The summed E-state index contributed by atoms with van der Waals surface area (Å²) in [6, 6.07) is 0. The number of rotatable bonds is 9. The molecule has 0 spiro atoms. The molecule has 3 saturated heterocycles. The number of fused-ring (bicyclic) bond motifs is 1. The van der Waals surface area contributed by atoms with Gasteiger partial charge in [0.25, 0.3) is 0 Å². The topological polar surface area (TPSA) is 161 Å². The van der Waals surface area contributed by atoms with Crippen LogP contribution >= 0.6 is 0 Å². The molecule has 0 aromatic carbocycles. The Labute approximate surface area is 220 Å². The van der Waals surface area contributed by atoms with Crippen LogP contribution in [0.3, 0.4) is 0 Å². The van der Waals surface area contributed by atoms with Gasteiger partial charge in [-0.05, 0) is 20.8 Å². The highest BCUT2D eigenvalue weighted by molar-refractivity contribution is 5.68. The van der Waals surface area contributed by atoms with E-state index in [1.54, 1.807) is 20.8 Å². The zero-order valence-corrected chi connectivity index (χ0v) is 22.7. The molecule has 38 heavy (non-hydrogen) atoms. The first-order valence-electron chi connectivity index (χ1n) is 12.2. The SMILES string of the molecule is CO[C@@H]1O[C@@H](C)[C@H](O[C@@H]2O[C@@H]([C@@H](COC(C)=O)OC(C)=O)[C@H](OC(C)=O)[C@H]2OC(C)=O)[C@H]2OC(C)(C)O[C@@H]12. The summed E-state index contributed by atoms with van der Waals surface area (Å²) in [5, 5.41) is 0. The lowest BCUT2D eigenvalue weighted by Gasteiger charge is -2.41. The van der Waals surface area contributed by atoms with Crippen molar-refractivity contribution >= 4 is 23.9 Å². The number of carbonyl (C=O) groups is 4. The molecule has 14 nitrogen and oxygen atoms in total. The predicted molar refractivity (Wildman–Crippen MR) is 122 cm³/mol. The molecule has 216 valence electrons. The van der Waals surface area contributed by atoms with E-state index in [-0.39, 0.29) is 0 Å². The lowest BCUT2D eigenvalue weighted by atomic mass is 9.99. The van der Waals surface area contributed by atoms with Crippen LogP contribution < -0.4 is 0 Å². The van der Waals surface area contributed by atoms with Gasteiger partial charge in [0, 0.05) is 34.8 Å². The van der Waals surface area contributed by atoms with Gasteiger partial charge < -0.3 is 47.4 Å². The first-order chi connectivity index (χ1) is 17.7. The third kappa shape index (κ3) is 7.18. The minimum atomic E-state index is -1.33. The van der Waals surface area contributed by atoms with Gasteiger partial charge in [-0.2, -0.15) is 0 Å². The summed E-state index contributed by atoms with van der Waals surface area (Å²) in [6.45, 7) is 9.45. The van der Waals surface area contributed by atoms with Crippen LogP contribution in [-0.2, 0) is 66.5 Å². The lowest BCUT2D eigenvalue weighted by molar-refractivity contribution is -0.301. The highest BCUT2D eigenvalue weighted by Gasteiger charge is 2.59. The van der Waals surface area contributed by atoms with Gasteiger partial charge >= 0.3 is 23.9 Å². The van der Waals surface area contributed by atoms with E-state index in [0.717, 1.165) is 13.8 Å². The molecular weight excluding hydrogens is 512 g/mol. The summed E-state index contributed by atoms with van der Waals surface area (Å²) >= 11 is 0. The van der Waals surface area contributed by atoms with Crippen LogP contribution in [-0.4, -0.2) is 105 Å². The second kappa shape index (κ2) is 12.2. The highest BCUT2D eigenvalue weighted by atomic mass is 16.8. The second-order valence-electron chi connectivity index (χ2n) is 9.68. The maximum atomic E-state index is 12.0.